The van der Waals surface area contributed by atoms with Crippen LogP contribution in [0.3, 0.4) is 0 Å². The van der Waals surface area contributed by atoms with Crippen LogP contribution in [0.2, 0.25) is 0 Å². The van der Waals surface area contributed by atoms with E-state index in [1.165, 1.54) is 31.0 Å². The molecule has 1 saturated carbocycles. The molecular formula is C22H28N6O2S. The van der Waals surface area contributed by atoms with Crippen LogP contribution in [0.1, 0.15) is 51.0 Å². The van der Waals surface area contributed by atoms with Crippen molar-refractivity contribution >= 4 is 40.9 Å². The molecule has 2 aromatic rings. The van der Waals surface area contributed by atoms with E-state index < -0.39 is 0 Å². The number of carbonyl (C=O) groups excluding carboxylic acids is 2. The van der Waals surface area contributed by atoms with Gasteiger partial charge in [0.1, 0.15) is 0 Å². The maximum Gasteiger partial charge on any atom is 0.234 e. The van der Waals surface area contributed by atoms with Crippen LogP contribution in [0.25, 0.3) is 0 Å². The van der Waals surface area contributed by atoms with E-state index in [0.29, 0.717) is 18.2 Å². The largest absolute Gasteiger partial charge is 0.341 e. The molecule has 2 amide bonds. The Labute approximate surface area is 186 Å². The number of anilines is 3. The fourth-order valence-electron chi connectivity index (χ4n) is 4.33. The Morgan fingerprint density at radius 1 is 1.10 bits per heavy atom. The van der Waals surface area contributed by atoms with Crippen molar-refractivity contribution in [1.29, 1.82) is 0 Å². The van der Waals surface area contributed by atoms with Crippen LogP contribution in [0.5, 0.6) is 0 Å². The number of nitrogens with zero attached hydrogens (tertiary/aromatic N) is 5. The van der Waals surface area contributed by atoms with Gasteiger partial charge >= 0.3 is 0 Å². The SMILES string of the molecule is O=C(CSc1nnc(N2CCCCC2)n1C1CC1)Nc1cccc(N2CCCC2=O)c1. The van der Waals surface area contributed by atoms with Crippen molar-refractivity contribution in [2.45, 2.75) is 56.1 Å². The van der Waals surface area contributed by atoms with Gasteiger partial charge in [0, 0.05) is 43.5 Å². The summed E-state index contributed by atoms with van der Waals surface area (Å²) >= 11 is 1.44. The molecule has 3 aliphatic rings. The molecule has 1 aromatic heterocycles. The van der Waals surface area contributed by atoms with Crippen LogP contribution in [0.15, 0.2) is 29.4 Å². The maximum atomic E-state index is 12.6. The van der Waals surface area contributed by atoms with Gasteiger partial charge in [-0.3, -0.25) is 14.2 Å². The molecule has 8 nitrogen and oxygen atoms in total. The fraction of sp³-hybridized carbons (Fsp3) is 0.545. The number of hydrogen-bond donors (Lipinski definition) is 1. The van der Waals surface area contributed by atoms with E-state index in [4.69, 9.17) is 0 Å². The third kappa shape index (κ3) is 4.56. The van der Waals surface area contributed by atoms with Crippen molar-refractivity contribution < 1.29 is 9.59 Å². The van der Waals surface area contributed by atoms with Gasteiger partial charge in [0.25, 0.3) is 0 Å². The van der Waals surface area contributed by atoms with Crippen molar-refractivity contribution in [1.82, 2.24) is 14.8 Å². The molecule has 2 aliphatic heterocycles. The Morgan fingerprint density at radius 3 is 2.68 bits per heavy atom. The average molecular weight is 441 g/mol. The zero-order chi connectivity index (χ0) is 21.2. The van der Waals surface area contributed by atoms with Crippen LogP contribution < -0.4 is 15.1 Å². The summed E-state index contributed by atoms with van der Waals surface area (Å²) in [5.74, 6) is 1.30. The quantitative estimate of drug-likeness (QED) is 0.664. The minimum Gasteiger partial charge on any atom is -0.341 e. The summed E-state index contributed by atoms with van der Waals surface area (Å²) in [7, 11) is 0. The third-order valence-electron chi connectivity index (χ3n) is 6.04. The summed E-state index contributed by atoms with van der Waals surface area (Å²) in [4.78, 5) is 28.7. The molecule has 3 heterocycles. The van der Waals surface area contributed by atoms with E-state index in [0.717, 1.165) is 55.7 Å². The molecule has 0 bridgehead atoms. The molecule has 3 fully saturated rings. The normalized spacial score (nSPS) is 19.2. The van der Waals surface area contributed by atoms with Gasteiger partial charge in [-0.1, -0.05) is 17.8 Å². The van der Waals surface area contributed by atoms with E-state index in [1.807, 2.05) is 24.3 Å². The molecule has 164 valence electrons. The highest BCUT2D eigenvalue weighted by Gasteiger charge is 2.32. The predicted octanol–water partition coefficient (Wildman–Crippen LogP) is 3.46. The zero-order valence-corrected chi connectivity index (χ0v) is 18.4. The van der Waals surface area contributed by atoms with Gasteiger partial charge in [-0.25, -0.2) is 0 Å². The van der Waals surface area contributed by atoms with Crippen molar-refractivity contribution in [2.24, 2.45) is 0 Å². The van der Waals surface area contributed by atoms with E-state index in [-0.39, 0.29) is 17.6 Å². The van der Waals surface area contributed by atoms with Gasteiger partial charge in [0.2, 0.25) is 17.8 Å². The molecular weight excluding hydrogens is 412 g/mol. The molecule has 1 aliphatic carbocycles. The summed E-state index contributed by atoms with van der Waals surface area (Å²) in [5, 5.41) is 12.7. The van der Waals surface area contributed by atoms with Gasteiger partial charge < -0.3 is 15.1 Å². The third-order valence-corrected chi connectivity index (χ3v) is 6.99. The molecule has 1 N–H and O–H groups in total. The number of benzene rings is 1. The lowest BCUT2D eigenvalue weighted by atomic mass is 10.1. The van der Waals surface area contributed by atoms with Crippen LogP contribution >= 0.6 is 11.8 Å². The minimum atomic E-state index is -0.0835. The van der Waals surface area contributed by atoms with Crippen LogP contribution in [0, 0.1) is 0 Å². The lowest BCUT2D eigenvalue weighted by Gasteiger charge is -2.27. The van der Waals surface area contributed by atoms with Gasteiger partial charge in [0.05, 0.1) is 5.75 Å². The van der Waals surface area contributed by atoms with Crippen molar-refractivity contribution in [2.75, 3.05) is 40.5 Å². The first-order valence-electron chi connectivity index (χ1n) is 11.2. The predicted molar refractivity (Wildman–Crippen MR) is 122 cm³/mol. The van der Waals surface area contributed by atoms with E-state index in [1.54, 1.807) is 4.90 Å². The average Bonchev–Trinajstić information content (AvgIpc) is 3.39. The van der Waals surface area contributed by atoms with Crippen LogP contribution in [-0.2, 0) is 9.59 Å². The molecule has 0 atom stereocenters. The first-order valence-corrected chi connectivity index (χ1v) is 12.2. The molecule has 0 radical (unpaired) electrons. The fourth-order valence-corrected chi connectivity index (χ4v) is 5.13. The first-order chi connectivity index (χ1) is 15.2. The Hall–Kier alpha value is -2.55. The van der Waals surface area contributed by atoms with E-state index >= 15 is 0 Å². The Kier molecular flexibility index (Phi) is 5.85. The molecule has 0 unspecified atom stereocenters. The number of piperidine rings is 1. The van der Waals surface area contributed by atoms with Gasteiger partial charge in [-0.2, -0.15) is 0 Å². The number of thioether (sulfide) groups is 1. The second-order valence-corrected chi connectivity index (χ2v) is 9.41. The molecule has 0 spiro atoms. The van der Waals surface area contributed by atoms with Crippen molar-refractivity contribution in [3.8, 4) is 0 Å². The van der Waals surface area contributed by atoms with Crippen LogP contribution in [0.4, 0.5) is 17.3 Å². The second kappa shape index (κ2) is 8.90. The van der Waals surface area contributed by atoms with Crippen LogP contribution in [-0.4, -0.2) is 52.0 Å². The van der Waals surface area contributed by atoms with E-state index in [9.17, 15) is 9.59 Å². The Bertz CT molecular complexity index is 967. The molecule has 2 saturated heterocycles. The molecule has 5 rings (SSSR count). The van der Waals surface area contributed by atoms with Crippen molar-refractivity contribution in [3.05, 3.63) is 24.3 Å². The highest BCUT2D eigenvalue weighted by atomic mass is 32.2. The topological polar surface area (TPSA) is 83.4 Å². The van der Waals surface area contributed by atoms with E-state index in [2.05, 4.69) is 25.0 Å². The minimum absolute atomic E-state index is 0.0835. The summed E-state index contributed by atoms with van der Waals surface area (Å²) in [6.07, 6.45) is 7.46. The number of nitrogens with one attached hydrogen (secondary N) is 1. The number of carbonyl (C=O) groups is 2. The first kappa shape index (κ1) is 20.4. The number of rotatable bonds is 7. The zero-order valence-electron chi connectivity index (χ0n) is 17.6. The summed E-state index contributed by atoms with van der Waals surface area (Å²) in [6.45, 7) is 2.81. The van der Waals surface area contributed by atoms with Gasteiger partial charge in [-0.15, -0.1) is 10.2 Å². The summed E-state index contributed by atoms with van der Waals surface area (Å²) < 4.78 is 2.24. The van der Waals surface area contributed by atoms with Gasteiger partial charge in [-0.05, 0) is 56.7 Å². The lowest BCUT2D eigenvalue weighted by molar-refractivity contribution is -0.117. The standard InChI is InChI=1S/C22H28N6O2S/c29-19(23-16-6-4-7-18(14-16)27-13-5-8-20(27)30)15-31-22-25-24-21(28(22)17-9-10-17)26-11-2-1-3-12-26/h4,6-7,14,17H,1-3,5,8-13,15H2,(H,23,29). The Balaban J connectivity index is 1.22. The second-order valence-electron chi connectivity index (χ2n) is 8.47. The number of amides is 2. The molecule has 31 heavy (non-hydrogen) atoms. The molecule has 9 heteroatoms. The lowest BCUT2D eigenvalue weighted by Crippen LogP contribution is -2.32. The monoisotopic (exact) mass is 440 g/mol. The van der Waals surface area contributed by atoms with Gasteiger partial charge in [0.15, 0.2) is 5.16 Å². The highest BCUT2D eigenvalue weighted by molar-refractivity contribution is 7.99. The highest BCUT2D eigenvalue weighted by Crippen LogP contribution is 2.41. The maximum absolute atomic E-state index is 12.6. The summed E-state index contributed by atoms with van der Waals surface area (Å²) in [5.41, 5.74) is 1.55. The smallest absolute Gasteiger partial charge is 0.234 e. The molecule has 1 aromatic carbocycles. The summed E-state index contributed by atoms with van der Waals surface area (Å²) in [6, 6.07) is 7.97. The number of hydrogen-bond acceptors (Lipinski definition) is 6. The van der Waals surface area contributed by atoms with Crippen molar-refractivity contribution in [3.63, 3.8) is 0 Å². The Morgan fingerprint density at radius 2 is 1.94 bits per heavy atom. The number of aromatic nitrogens is 3.